The summed E-state index contributed by atoms with van der Waals surface area (Å²) >= 11 is 1.45. The van der Waals surface area contributed by atoms with Gasteiger partial charge in [-0.15, -0.1) is 11.3 Å². The second-order valence-electron chi connectivity index (χ2n) is 3.79. The van der Waals surface area contributed by atoms with Gasteiger partial charge in [-0.25, -0.2) is 0 Å². The monoisotopic (exact) mass is 249 g/mol. The molecule has 2 aromatic heterocycles. The first kappa shape index (κ1) is 11.9. The normalized spacial score (nSPS) is 10.5. The molecule has 0 unspecified atom stereocenters. The summed E-state index contributed by atoms with van der Waals surface area (Å²) in [5.41, 5.74) is 2.12. The first-order valence-electron chi connectivity index (χ1n) is 5.53. The van der Waals surface area contributed by atoms with E-state index in [0.717, 1.165) is 22.6 Å². The van der Waals surface area contributed by atoms with Crippen molar-refractivity contribution in [1.82, 2.24) is 15.1 Å². The Labute approximate surface area is 104 Å². The Hall–Kier alpha value is -1.62. The number of nitrogens with one attached hydrogen (secondary N) is 1. The number of aromatic nitrogens is 2. The summed E-state index contributed by atoms with van der Waals surface area (Å²) in [6.45, 7) is 2.60. The van der Waals surface area contributed by atoms with Crippen LogP contribution in [0.25, 0.3) is 0 Å². The van der Waals surface area contributed by atoms with Crippen LogP contribution < -0.4 is 5.32 Å². The van der Waals surface area contributed by atoms with Gasteiger partial charge in [0.25, 0.3) is 5.91 Å². The van der Waals surface area contributed by atoms with Crippen LogP contribution in [0.15, 0.2) is 23.7 Å². The molecule has 17 heavy (non-hydrogen) atoms. The minimum atomic E-state index is -0.0223. The Kier molecular flexibility index (Phi) is 3.58. The molecular formula is C12H15N3OS. The van der Waals surface area contributed by atoms with Crippen LogP contribution in [-0.2, 0) is 20.0 Å². The van der Waals surface area contributed by atoms with E-state index in [2.05, 4.69) is 17.3 Å². The van der Waals surface area contributed by atoms with Crippen molar-refractivity contribution in [3.8, 4) is 0 Å². The van der Waals surface area contributed by atoms with E-state index in [9.17, 15) is 4.79 Å². The number of nitrogens with zero attached hydrogens (tertiary/aromatic N) is 2. The van der Waals surface area contributed by atoms with Crippen LogP contribution in [0.1, 0.15) is 27.9 Å². The van der Waals surface area contributed by atoms with Crippen LogP contribution in [0.2, 0.25) is 0 Å². The third-order valence-electron chi connectivity index (χ3n) is 2.51. The highest BCUT2D eigenvalue weighted by molar-refractivity contribution is 7.12. The maximum absolute atomic E-state index is 11.8. The topological polar surface area (TPSA) is 46.9 Å². The van der Waals surface area contributed by atoms with Crippen molar-refractivity contribution in [2.45, 2.75) is 19.9 Å². The van der Waals surface area contributed by atoms with E-state index in [0.29, 0.717) is 6.54 Å². The molecule has 1 N–H and O–H groups in total. The summed E-state index contributed by atoms with van der Waals surface area (Å²) in [5, 5.41) is 9.14. The number of aryl methyl sites for hydroxylation is 2. The molecule has 0 fully saturated rings. The predicted molar refractivity (Wildman–Crippen MR) is 68.1 cm³/mol. The molecule has 90 valence electrons. The Morgan fingerprint density at radius 1 is 1.59 bits per heavy atom. The van der Waals surface area contributed by atoms with E-state index < -0.39 is 0 Å². The summed E-state index contributed by atoms with van der Waals surface area (Å²) in [5.74, 6) is -0.0223. The maximum atomic E-state index is 11.8. The smallest absolute Gasteiger partial charge is 0.261 e. The Morgan fingerprint density at radius 2 is 2.41 bits per heavy atom. The van der Waals surface area contributed by atoms with E-state index in [1.54, 1.807) is 4.68 Å². The van der Waals surface area contributed by atoms with E-state index in [1.807, 2.05) is 30.8 Å². The zero-order valence-electron chi connectivity index (χ0n) is 9.93. The fourth-order valence-corrected chi connectivity index (χ4v) is 2.34. The molecule has 0 saturated carbocycles. The quantitative estimate of drug-likeness (QED) is 0.900. The third kappa shape index (κ3) is 2.74. The Bertz CT molecular complexity index is 502. The van der Waals surface area contributed by atoms with Gasteiger partial charge < -0.3 is 5.32 Å². The molecule has 2 rings (SSSR count). The fourth-order valence-electron chi connectivity index (χ4n) is 1.70. The van der Waals surface area contributed by atoms with Gasteiger partial charge in [0.05, 0.1) is 10.6 Å². The van der Waals surface area contributed by atoms with Crippen molar-refractivity contribution in [1.29, 1.82) is 0 Å². The SMILES string of the molecule is CCc1nn(C)cc1CNC(=O)c1cccs1. The molecule has 0 aliphatic carbocycles. The molecule has 1 amide bonds. The summed E-state index contributed by atoms with van der Waals surface area (Å²) in [7, 11) is 1.89. The van der Waals surface area contributed by atoms with Crippen molar-refractivity contribution in [3.05, 3.63) is 39.8 Å². The molecule has 0 bridgehead atoms. The van der Waals surface area contributed by atoms with E-state index in [4.69, 9.17) is 0 Å². The lowest BCUT2D eigenvalue weighted by Gasteiger charge is -2.02. The first-order chi connectivity index (χ1) is 8.20. The van der Waals surface area contributed by atoms with Crippen molar-refractivity contribution in [3.63, 3.8) is 0 Å². The van der Waals surface area contributed by atoms with Crippen molar-refractivity contribution in [2.24, 2.45) is 7.05 Å². The molecule has 0 aromatic carbocycles. The van der Waals surface area contributed by atoms with Crippen molar-refractivity contribution < 1.29 is 4.79 Å². The highest BCUT2D eigenvalue weighted by Crippen LogP contribution is 2.10. The maximum Gasteiger partial charge on any atom is 0.261 e. The van der Waals surface area contributed by atoms with Gasteiger partial charge in [-0.05, 0) is 17.9 Å². The summed E-state index contributed by atoms with van der Waals surface area (Å²) < 4.78 is 1.78. The first-order valence-corrected chi connectivity index (χ1v) is 6.41. The van der Waals surface area contributed by atoms with Gasteiger partial charge in [0, 0.05) is 25.4 Å². The van der Waals surface area contributed by atoms with Crippen LogP contribution >= 0.6 is 11.3 Å². The van der Waals surface area contributed by atoms with Gasteiger partial charge in [0.1, 0.15) is 0 Å². The molecule has 2 aromatic rings. The molecule has 4 nitrogen and oxygen atoms in total. The van der Waals surface area contributed by atoms with Crippen LogP contribution in [0.5, 0.6) is 0 Å². The number of carbonyl (C=O) groups excluding carboxylic acids is 1. The Morgan fingerprint density at radius 3 is 3.06 bits per heavy atom. The minimum Gasteiger partial charge on any atom is -0.347 e. The second kappa shape index (κ2) is 5.14. The molecule has 0 spiro atoms. The standard InChI is InChI=1S/C12H15N3OS/c1-3-10-9(8-15(2)14-10)7-13-12(16)11-5-4-6-17-11/h4-6,8H,3,7H2,1-2H3,(H,13,16). The van der Waals surface area contributed by atoms with E-state index in [1.165, 1.54) is 11.3 Å². The molecule has 0 saturated heterocycles. The average Bonchev–Trinajstić information content (AvgIpc) is 2.94. The zero-order chi connectivity index (χ0) is 12.3. The van der Waals surface area contributed by atoms with Crippen molar-refractivity contribution in [2.75, 3.05) is 0 Å². The average molecular weight is 249 g/mol. The molecule has 0 atom stereocenters. The molecule has 2 heterocycles. The highest BCUT2D eigenvalue weighted by Gasteiger charge is 2.09. The number of carbonyl (C=O) groups is 1. The number of hydrogen-bond donors (Lipinski definition) is 1. The molecule has 0 aliphatic rings. The summed E-state index contributed by atoms with van der Waals surface area (Å²) in [6, 6.07) is 3.70. The summed E-state index contributed by atoms with van der Waals surface area (Å²) in [6.07, 6.45) is 2.83. The van der Waals surface area contributed by atoms with Gasteiger partial charge >= 0.3 is 0 Å². The van der Waals surface area contributed by atoms with E-state index >= 15 is 0 Å². The van der Waals surface area contributed by atoms with Gasteiger partial charge in [0.15, 0.2) is 0 Å². The Balaban J connectivity index is 2.00. The van der Waals surface area contributed by atoms with E-state index in [-0.39, 0.29) is 5.91 Å². The third-order valence-corrected chi connectivity index (χ3v) is 3.38. The number of rotatable bonds is 4. The van der Waals surface area contributed by atoms with Gasteiger partial charge in [-0.1, -0.05) is 13.0 Å². The lowest BCUT2D eigenvalue weighted by Crippen LogP contribution is -2.22. The van der Waals surface area contributed by atoms with Crippen LogP contribution in [0.3, 0.4) is 0 Å². The molecular weight excluding hydrogens is 234 g/mol. The second-order valence-corrected chi connectivity index (χ2v) is 4.74. The largest absolute Gasteiger partial charge is 0.347 e. The van der Waals surface area contributed by atoms with Crippen LogP contribution in [-0.4, -0.2) is 15.7 Å². The van der Waals surface area contributed by atoms with Gasteiger partial charge in [-0.2, -0.15) is 5.10 Å². The van der Waals surface area contributed by atoms with Gasteiger partial charge in [-0.3, -0.25) is 9.48 Å². The molecule has 5 heteroatoms. The number of thiophene rings is 1. The number of amides is 1. The minimum absolute atomic E-state index is 0.0223. The van der Waals surface area contributed by atoms with Crippen LogP contribution in [0.4, 0.5) is 0 Å². The zero-order valence-corrected chi connectivity index (χ0v) is 10.8. The van der Waals surface area contributed by atoms with Gasteiger partial charge in [0.2, 0.25) is 0 Å². The van der Waals surface area contributed by atoms with Crippen LogP contribution in [0, 0.1) is 0 Å². The lowest BCUT2D eigenvalue weighted by molar-refractivity contribution is 0.0955. The lowest BCUT2D eigenvalue weighted by atomic mass is 10.2. The highest BCUT2D eigenvalue weighted by atomic mass is 32.1. The summed E-state index contributed by atoms with van der Waals surface area (Å²) in [4.78, 5) is 12.5. The molecule has 0 radical (unpaired) electrons. The predicted octanol–water partition coefficient (Wildman–Crippen LogP) is 1.97. The fraction of sp³-hybridized carbons (Fsp3) is 0.333. The number of hydrogen-bond acceptors (Lipinski definition) is 3. The molecule has 0 aliphatic heterocycles. The van der Waals surface area contributed by atoms with Crippen molar-refractivity contribution >= 4 is 17.2 Å².